The predicted octanol–water partition coefficient (Wildman–Crippen LogP) is 4.49. The van der Waals surface area contributed by atoms with E-state index in [1.807, 2.05) is 27.7 Å². The van der Waals surface area contributed by atoms with Crippen molar-refractivity contribution in [2.75, 3.05) is 0 Å². The van der Waals surface area contributed by atoms with Crippen LogP contribution in [0.2, 0.25) is 0 Å². The van der Waals surface area contributed by atoms with E-state index in [-0.39, 0.29) is 22.3 Å². The fraction of sp³-hybridized carbons (Fsp3) is 1.00. The summed E-state index contributed by atoms with van der Waals surface area (Å²) in [5.41, 5.74) is 0. The van der Waals surface area contributed by atoms with Crippen LogP contribution in [-0.4, -0.2) is 36.8 Å². The van der Waals surface area contributed by atoms with Crippen LogP contribution in [0, 0.1) is 11.8 Å². The molecule has 0 atom stereocenters. The van der Waals surface area contributed by atoms with Gasteiger partial charge in [-0.3, -0.25) is 0 Å². The number of hydrogen-bond acceptors (Lipinski definition) is 4. The Morgan fingerprint density at radius 3 is 0.708 bits per heavy atom. The lowest BCUT2D eigenvalue weighted by atomic mass is 10.00. The fourth-order valence-electron chi connectivity index (χ4n) is 1.87. The molecule has 0 bridgehead atoms. The predicted molar refractivity (Wildman–Crippen MR) is 106 cm³/mol. The molecule has 0 aromatic rings. The van der Waals surface area contributed by atoms with E-state index in [1.165, 1.54) is 0 Å². The first kappa shape index (κ1) is 26.1. The molecule has 0 amide bonds. The van der Waals surface area contributed by atoms with E-state index in [0.29, 0.717) is 0 Å². The standard InChI is InChI=1S/2C9H20O2S/c2*1-7(2)9(5,6)12(10,11)8(3)4/h2*7-8H,1-6H3. The van der Waals surface area contributed by atoms with Gasteiger partial charge in [-0.05, 0) is 67.2 Å². The van der Waals surface area contributed by atoms with Gasteiger partial charge in [-0.2, -0.15) is 0 Å². The Balaban J connectivity index is 0. The smallest absolute Gasteiger partial charge is 0.158 e. The monoisotopic (exact) mass is 384 g/mol. The number of rotatable bonds is 6. The molecule has 0 saturated carbocycles. The molecule has 0 aliphatic carbocycles. The molecule has 0 rings (SSSR count). The third-order valence-corrected chi connectivity index (χ3v) is 11.8. The molecule has 0 saturated heterocycles. The topological polar surface area (TPSA) is 68.3 Å². The molecule has 0 radical (unpaired) electrons. The molecular weight excluding hydrogens is 344 g/mol. The van der Waals surface area contributed by atoms with Gasteiger partial charge >= 0.3 is 0 Å². The van der Waals surface area contributed by atoms with Crippen molar-refractivity contribution in [3.8, 4) is 0 Å². The molecule has 0 aliphatic heterocycles. The van der Waals surface area contributed by atoms with Gasteiger partial charge in [0.1, 0.15) is 0 Å². The minimum Gasteiger partial charge on any atom is -0.228 e. The highest BCUT2D eigenvalue weighted by atomic mass is 32.2. The SMILES string of the molecule is CC(C)C(C)(C)S(=O)(=O)C(C)C.CC(C)C(C)(C)S(=O)(=O)C(C)C. The van der Waals surface area contributed by atoms with E-state index < -0.39 is 29.2 Å². The third-order valence-electron chi connectivity index (χ3n) is 5.49. The zero-order chi connectivity index (χ0) is 20.3. The Morgan fingerprint density at radius 1 is 0.500 bits per heavy atom. The lowest BCUT2D eigenvalue weighted by molar-refractivity contribution is 0.449. The first-order valence-corrected chi connectivity index (χ1v) is 11.8. The normalized spacial score (nSPS) is 14.3. The largest absolute Gasteiger partial charge is 0.228 e. The van der Waals surface area contributed by atoms with E-state index in [2.05, 4.69) is 0 Å². The van der Waals surface area contributed by atoms with Crippen LogP contribution in [0.5, 0.6) is 0 Å². The van der Waals surface area contributed by atoms with Crippen LogP contribution in [0.25, 0.3) is 0 Å². The Hall–Kier alpha value is -0.100. The molecule has 0 aliphatic rings. The van der Waals surface area contributed by atoms with Gasteiger partial charge in [0.2, 0.25) is 0 Å². The highest BCUT2D eigenvalue weighted by Gasteiger charge is 2.39. The van der Waals surface area contributed by atoms with Crippen molar-refractivity contribution >= 4 is 19.7 Å². The third kappa shape index (κ3) is 5.45. The molecule has 4 nitrogen and oxygen atoms in total. The highest BCUT2D eigenvalue weighted by Crippen LogP contribution is 2.29. The fourth-order valence-corrected chi connectivity index (χ4v) is 5.62. The lowest BCUT2D eigenvalue weighted by Crippen LogP contribution is -2.41. The summed E-state index contributed by atoms with van der Waals surface area (Å²) in [4.78, 5) is 0. The Labute approximate surface area is 151 Å². The van der Waals surface area contributed by atoms with Crippen LogP contribution in [0.3, 0.4) is 0 Å². The van der Waals surface area contributed by atoms with E-state index in [1.54, 1.807) is 55.4 Å². The van der Waals surface area contributed by atoms with Crippen molar-refractivity contribution in [2.24, 2.45) is 11.8 Å². The summed E-state index contributed by atoms with van der Waals surface area (Å²) in [7, 11) is -5.95. The van der Waals surface area contributed by atoms with Crippen molar-refractivity contribution in [1.82, 2.24) is 0 Å². The maximum Gasteiger partial charge on any atom is 0.158 e. The quantitative estimate of drug-likeness (QED) is 0.676. The molecule has 0 heterocycles. The highest BCUT2D eigenvalue weighted by molar-refractivity contribution is 7.93. The van der Waals surface area contributed by atoms with E-state index in [0.717, 1.165) is 0 Å². The van der Waals surface area contributed by atoms with Crippen LogP contribution in [0.4, 0.5) is 0 Å². The van der Waals surface area contributed by atoms with Crippen molar-refractivity contribution in [1.29, 1.82) is 0 Å². The summed E-state index contributed by atoms with van der Waals surface area (Å²) in [5.74, 6) is 0.315. The summed E-state index contributed by atoms with van der Waals surface area (Å²) in [6.45, 7) is 21.9. The summed E-state index contributed by atoms with van der Waals surface area (Å²) in [6, 6.07) is 0. The minimum atomic E-state index is -2.98. The van der Waals surface area contributed by atoms with Crippen molar-refractivity contribution in [3.05, 3.63) is 0 Å². The van der Waals surface area contributed by atoms with Crippen LogP contribution in [0.1, 0.15) is 83.1 Å². The Morgan fingerprint density at radius 2 is 0.667 bits per heavy atom. The molecule has 0 unspecified atom stereocenters. The molecule has 0 fully saturated rings. The second-order valence-electron chi connectivity index (χ2n) is 8.70. The van der Waals surface area contributed by atoms with Crippen LogP contribution in [0.15, 0.2) is 0 Å². The summed E-state index contributed by atoms with van der Waals surface area (Å²) in [6.07, 6.45) is 0. The first-order valence-electron chi connectivity index (χ1n) is 8.74. The summed E-state index contributed by atoms with van der Waals surface area (Å²) in [5, 5.41) is -0.565. The molecule has 6 heteroatoms. The molecular formula is C18H40O4S2. The zero-order valence-electron chi connectivity index (χ0n) is 17.8. The van der Waals surface area contributed by atoms with E-state index in [9.17, 15) is 16.8 Å². The van der Waals surface area contributed by atoms with Gasteiger partial charge in [0, 0.05) is 0 Å². The minimum absolute atomic E-state index is 0.157. The molecule has 0 aromatic heterocycles. The van der Waals surface area contributed by atoms with Gasteiger partial charge < -0.3 is 0 Å². The average molecular weight is 385 g/mol. The molecule has 0 aromatic carbocycles. The number of hydrogen-bond donors (Lipinski definition) is 0. The number of sulfone groups is 2. The van der Waals surface area contributed by atoms with Gasteiger partial charge in [0.15, 0.2) is 19.7 Å². The van der Waals surface area contributed by atoms with Crippen molar-refractivity contribution in [2.45, 2.75) is 103 Å². The summed E-state index contributed by atoms with van der Waals surface area (Å²) >= 11 is 0. The van der Waals surface area contributed by atoms with Crippen LogP contribution in [-0.2, 0) is 19.7 Å². The maximum absolute atomic E-state index is 11.8. The van der Waals surface area contributed by atoms with Crippen LogP contribution >= 0.6 is 0 Å². The maximum atomic E-state index is 11.8. The van der Waals surface area contributed by atoms with Gasteiger partial charge in [0.05, 0.1) is 20.0 Å². The average Bonchev–Trinajstić information content (AvgIpc) is 2.37. The molecule has 0 N–H and O–H groups in total. The van der Waals surface area contributed by atoms with Crippen molar-refractivity contribution < 1.29 is 16.8 Å². The second-order valence-corrected chi connectivity index (χ2v) is 14.9. The van der Waals surface area contributed by atoms with Gasteiger partial charge in [-0.25, -0.2) is 16.8 Å². The van der Waals surface area contributed by atoms with Gasteiger partial charge in [0.25, 0.3) is 0 Å². The zero-order valence-corrected chi connectivity index (χ0v) is 19.4. The molecule has 0 spiro atoms. The van der Waals surface area contributed by atoms with E-state index >= 15 is 0 Å². The Kier molecular flexibility index (Phi) is 9.28. The first-order chi connectivity index (χ1) is 10.3. The van der Waals surface area contributed by atoms with Crippen molar-refractivity contribution in [3.63, 3.8) is 0 Å². The van der Waals surface area contributed by atoms with Crippen LogP contribution < -0.4 is 0 Å². The molecule has 24 heavy (non-hydrogen) atoms. The second kappa shape index (κ2) is 8.52. The van der Waals surface area contributed by atoms with E-state index in [4.69, 9.17) is 0 Å². The molecule has 148 valence electrons. The van der Waals surface area contributed by atoms with Gasteiger partial charge in [-0.15, -0.1) is 0 Å². The lowest BCUT2D eigenvalue weighted by Gasteiger charge is -2.30. The van der Waals surface area contributed by atoms with Gasteiger partial charge in [-0.1, -0.05) is 27.7 Å². The Bertz CT molecular complexity index is 525. The summed E-state index contributed by atoms with van der Waals surface area (Å²) < 4.78 is 46.0.